The summed E-state index contributed by atoms with van der Waals surface area (Å²) in [4.78, 5) is 0. The van der Waals surface area contributed by atoms with Crippen LogP contribution in [0.3, 0.4) is 0 Å². The van der Waals surface area contributed by atoms with E-state index in [0.717, 1.165) is 0 Å². The zero-order valence-electron chi connectivity index (χ0n) is 8.76. The lowest BCUT2D eigenvalue weighted by atomic mass is 10.1. The van der Waals surface area contributed by atoms with Crippen molar-refractivity contribution in [2.24, 2.45) is 0 Å². The van der Waals surface area contributed by atoms with Gasteiger partial charge in [0, 0.05) is 12.2 Å². The average molecular weight is 216 g/mol. The Bertz CT molecular complexity index is 340. The molecule has 0 amide bonds. The van der Waals surface area contributed by atoms with Gasteiger partial charge >= 0.3 is 0 Å². The van der Waals surface area contributed by atoms with Crippen LogP contribution in [0.4, 0.5) is 8.78 Å². The highest BCUT2D eigenvalue weighted by Crippen LogP contribution is 2.21. The molecule has 0 aliphatic carbocycles. The lowest BCUT2D eigenvalue weighted by Crippen LogP contribution is -2.10. The molecule has 0 radical (unpaired) electrons. The van der Waals surface area contributed by atoms with Crippen LogP contribution in [0.5, 0.6) is 0 Å². The summed E-state index contributed by atoms with van der Waals surface area (Å²) in [5, 5.41) is 9.52. The van der Waals surface area contributed by atoms with Gasteiger partial charge in [-0.05, 0) is 19.4 Å². The first-order valence-electron chi connectivity index (χ1n) is 4.78. The monoisotopic (exact) mass is 216 g/mol. The Hall–Kier alpha value is -1.00. The SMILES string of the molecule is CCOCC(O)c1ccc(C)c(F)c1F. The summed E-state index contributed by atoms with van der Waals surface area (Å²) in [6, 6.07) is 2.81. The van der Waals surface area contributed by atoms with E-state index in [2.05, 4.69) is 0 Å². The zero-order valence-corrected chi connectivity index (χ0v) is 8.76. The summed E-state index contributed by atoms with van der Waals surface area (Å²) in [5.41, 5.74) is 0.159. The molecule has 1 unspecified atom stereocenters. The van der Waals surface area contributed by atoms with Crippen molar-refractivity contribution in [3.8, 4) is 0 Å². The molecule has 1 aromatic rings. The Morgan fingerprint density at radius 2 is 2.00 bits per heavy atom. The van der Waals surface area contributed by atoms with Gasteiger partial charge in [0.05, 0.1) is 6.61 Å². The molecule has 0 spiro atoms. The molecule has 1 rings (SSSR count). The Morgan fingerprint density at radius 1 is 1.33 bits per heavy atom. The van der Waals surface area contributed by atoms with Crippen LogP contribution in [0.15, 0.2) is 12.1 Å². The van der Waals surface area contributed by atoms with E-state index in [9.17, 15) is 13.9 Å². The van der Waals surface area contributed by atoms with Crippen LogP contribution in [0.25, 0.3) is 0 Å². The number of rotatable bonds is 4. The molecule has 0 saturated carbocycles. The number of aliphatic hydroxyl groups excluding tert-OH is 1. The van der Waals surface area contributed by atoms with Gasteiger partial charge in [0.25, 0.3) is 0 Å². The molecule has 84 valence electrons. The van der Waals surface area contributed by atoms with Crippen LogP contribution in [0.1, 0.15) is 24.2 Å². The van der Waals surface area contributed by atoms with Crippen molar-refractivity contribution in [3.63, 3.8) is 0 Å². The molecule has 1 N–H and O–H groups in total. The van der Waals surface area contributed by atoms with E-state index in [0.29, 0.717) is 6.61 Å². The summed E-state index contributed by atoms with van der Waals surface area (Å²) < 4.78 is 31.4. The quantitative estimate of drug-likeness (QED) is 0.837. The number of hydrogen-bond donors (Lipinski definition) is 1. The zero-order chi connectivity index (χ0) is 11.4. The topological polar surface area (TPSA) is 29.5 Å². The average Bonchev–Trinajstić information content (AvgIpc) is 2.23. The Labute approximate surface area is 87.5 Å². The molecule has 1 atom stereocenters. The fraction of sp³-hybridized carbons (Fsp3) is 0.455. The van der Waals surface area contributed by atoms with Crippen LogP contribution >= 0.6 is 0 Å². The van der Waals surface area contributed by atoms with Crippen molar-refractivity contribution in [2.45, 2.75) is 20.0 Å². The van der Waals surface area contributed by atoms with E-state index in [1.165, 1.54) is 19.1 Å². The minimum Gasteiger partial charge on any atom is -0.386 e. The number of aryl methyl sites for hydroxylation is 1. The first-order valence-corrected chi connectivity index (χ1v) is 4.78. The molecule has 0 saturated heterocycles. The predicted molar refractivity (Wildman–Crippen MR) is 52.5 cm³/mol. The van der Waals surface area contributed by atoms with Crippen molar-refractivity contribution >= 4 is 0 Å². The molecule has 0 aliphatic rings. The number of aliphatic hydroxyl groups is 1. The molecule has 15 heavy (non-hydrogen) atoms. The minimum atomic E-state index is -1.12. The smallest absolute Gasteiger partial charge is 0.164 e. The molecule has 0 aromatic heterocycles. The van der Waals surface area contributed by atoms with Gasteiger partial charge < -0.3 is 9.84 Å². The van der Waals surface area contributed by atoms with Gasteiger partial charge in [-0.1, -0.05) is 12.1 Å². The maximum atomic E-state index is 13.3. The van der Waals surface area contributed by atoms with Gasteiger partial charge in [-0.15, -0.1) is 0 Å². The van der Waals surface area contributed by atoms with Crippen molar-refractivity contribution in [1.82, 2.24) is 0 Å². The number of benzene rings is 1. The van der Waals surface area contributed by atoms with E-state index in [1.807, 2.05) is 0 Å². The summed E-state index contributed by atoms with van der Waals surface area (Å²) in [7, 11) is 0. The van der Waals surface area contributed by atoms with Gasteiger partial charge in [-0.3, -0.25) is 0 Å². The summed E-state index contributed by atoms with van der Waals surface area (Å²) in [6.07, 6.45) is -1.12. The van der Waals surface area contributed by atoms with E-state index in [-0.39, 0.29) is 17.7 Å². The first-order chi connectivity index (χ1) is 7.07. The fourth-order valence-electron chi connectivity index (χ4n) is 1.24. The maximum Gasteiger partial charge on any atom is 0.164 e. The largest absolute Gasteiger partial charge is 0.386 e. The van der Waals surface area contributed by atoms with Crippen LogP contribution in [-0.2, 0) is 4.74 Å². The van der Waals surface area contributed by atoms with Gasteiger partial charge in [0.15, 0.2) is 11.6 Å². The first kappa shape index (κ1) is 12.1. The second kappa shape index (κ2) is 5.19. The van der Waals surface area contributed by atoms with E-state index >= 15 is 0 Å². The highest BCUT2D eigenvalue weighted by Gasteiger charge is 2.17. The molecule has 1 aromatic carbocycles. The Kier molecular flexibility index (Phi) is 4.17. The summed E-state index contributed by atoms with van der Waals surface area (Å²) in [6.45, 7) is 3.62. The van der Waals surface area contributed by atoms with Gasteiger partial charge in [0.2, 0.25) is 0 Å². The van der Waals surface area contributed by atoms with Crippen molar-refractivity contribution in [1.29, 1.82) is 0 Å². The standard InChI is InChI=1S/C11H14F2O2/c1-3-15-6-9(14)8-5-4-7(2)10(12)11(8)13/h4-5,9,14H,3,6H2,1-2H3. The molecule has 0 bridgehead atoms. The second-order valence-corrected chi connectivity index (χ2v) is 3.27. The van der Waals surface area contributed by atoms with E-state index in [4.69, 9.17) is 4.74 Å². The second-order valence-electron chi connectivity index (χ2n) is 3.27. The Morgan fingerprint density at radius 3 is 2.60 bits per heavy atom. The normalized spacial score (nSPS) is 12.9. The highest BCUT2D eigenvalue weighted by molar-refractivity contribution is 5.27. The number of ether oxygens (including phenoxy) is 1. The van der Waals surface area contributed by atoms with Crippen LogP contribution in [0, 0.1) is 18.6 Å². The molecule has 0 aliphatic heterocycles. The highest BCUT2D eigenvalue weighted by atomic mass is 19.2. The molecule has 0 heterocycles. The van der Waals surface area contributed by atoms with E-state index in [1.54, 1.807) is 6.92 Å². The molecular formula is C11H14F2O2. The third-order valence-corrected chi connectivity index (χ3v) is 2.14. The number of halogens is 2. The lowest BCUT2D eigenvalue weighted by Gasteiger charge is -2.12. The third kappa shape index (κ3) is 2.73. The molecular weight excluding hydrogens is 202 g/mol. The lowest BCUT2D eigenvalue weighted by molar-refractivity contribution is 0.0398. The third-order valence-electron chi connectivity index (χ3n) is 2.14. The van der Waals surface area contributed by atoms with Gasteiger partial charge in [-0.25, -0.2) is 8.78 Å². The van der Waals surface area contributed by atoms with Crippen LogP contribution in [-0.4, -0.2) is 18.3 Å². The van der Waals surface area contributed by atoms with Crippen LogP contribution in [0.2, 0.25) is 0 Å². The van der Waals surface area contributed by atoms with Gasteiger partial charge in [-0.2, -0.15) is 0 Å². The number of hydrogen-bond acceptors (Lipinski definition) is 2. The summed E-state index contributed by atoms with van der Waals surface area (Å²) in [5.74, 6) is -1.91. The van der Waals surface area contributed by atoms with E-state index < -0.39 is 17.7 Å². The Balaban J connectivity index is 2.90. The van der Waals surface area contributed by atoms with Gasteiger partial charge in [0.1, 0.15) is 6.10 Å². The van der Waals surface area contributed by atoms with Crippen LogP contribution < -0.4 is 0 Å². The van der Waals surface area contributed by atoms with Crippen molar-refractivity contribution < 1.29 is 18.6 Å². The predicted octanol–water partition coefficient (Wildman–Crippen LogP) is 2.34. The molecule has 4 heteroatoms. The maximum absolute atomic E-state index is 13.3. The fourth-order valence-corrected chi connectivity index (χ4v) is 1.24. The van der Waals surface area contributed by atoms with Crippen molar-refractivity contribution in [3.05, 3.63) is 34.9 Å². The van der Waals surface area contributed by atoms with Crippen molar-refractivity contribution in [2.75, 3.05) is 13.2 Å². The minimum absolute atomic E-state index is 0.0318. The molecule has 0 fully saturated rings. The molecule has 2 nitrogen and oxygen atoms in total. The summed E-state index contributed by atoms with van der Waals surface area (Å²) >= 11 is 0.